The van der Waals surface area contributed by atoms with Crippen molar-refractivity contribution >= 4 is 80.9 Å². The van der Waals surface area contributed by atoms with Gasteiger partial charge < -0.3 is 59.7 Å². The van der Waals surface area contributed by atoms with Gasteiger partial charge in [0.05, 0.1) is 63.4 Å². The van der Waals surface area contributed by atoms with E-state index < -0.39 is 59.8 Å². The van der Waals surface area contributed by atoms with Gasteiger partial charge in [0.2, 0.25) is 11.8 Å². The van der Waals surface area contributed by atoms with Crippen LogP contribution in [0.1, 0.15) is 105 Å². The number of aliphatic carboxylic acids is 2. The Morgan fingerprint density at radius 2 is 1.01 bits per heavy atom. The first-order valence-corrected chi connectivity index (χ1v) is 28.5. The number of H-pyrrole nitrogens is 2. The van der Waals surface area contributed by atoms with Gasteiger partial charge in [-0.05, 0) is 103 Å². The van der Waals surface area contributed by atoms with E-state index in [1.54, 1.807) is 35.0 Å². The molecule has 5 amide bonds. The van der Waals surface area contributed by atoms with E-state index in [1.165, 1.54) is 45.3 Å². The predicted molar refractivity (Wildman–Crippen MR) is 324 cm³/mol. The van der Waals surface area contributed by atoms with Crippen molar-refractivity contribution in [2.75, 3.05) is 69.7 Å². The van der Waals surface area contributed by atoms with Crippen LogP contribution in [0.5, 0.6) is 0 Å². The molecule has 25 nitrogen and oxygen atoms in total. The fourth-order valence-corrected chi connectivity index (χ4v) is 10.8. The zero-order valence-electron chi connectivity index (χ0n) is 53.0. The standard InChI is InChI=1S/C44H54N8O6.C8H15NO4.C6H13NO2.C2H3ClO2.Na.H2O/c1-25(2)37(49(5)43(55)57-7)41(53)51-19-9-11-35(51)39-45-24-34(48-39)31-16-15-27-21-28(13-14-29(27)22-31)30-17-18-32-33(23-30)47-40(46-32)36-12-10-20-52(36)42(54)38(26(3)4)50(6)44(56)58-8;1-5(2)6(7(10)11)9(3)8(12)13-4;1-4(2)5(7-3)6(8)9;1-5-2(3)4;;/h13-18,21-26,35-38H,9-12,19-20H2,1-8H3,(H,45,48)(H,46,47);5-6H,1-4H3,(H,10,11);4-5,7H,1-3H3,(H,8,9);1H3;;1H2/q;;;;+1;/p-1/t35-,36-,37-,38-;6-;5-;;;/m000.../s1. The molecule has 2 aliphatic rings. The van der Waals surface area contributed by atoms with E-state index in [1.807, 2.05) is 63.6 Å². The number of ether oxygens (including phenoxy) is 4. The third-order valence-electron chi connectivity index (χ3n) is 15.0. The quantitative estimate of drug-likeness (QED) is 0.0401. The number of fused-ring (bicyclic) bond motifs is 2. The molecule has 2 saturated heterocycles. The minimum Gasteiger partial charge on any atom is -0.870 e. The molecular weight excluding hydrogens is 1160 g/mol. The van der Waals surface area contributed by atoms with Crippen molar-refractivity contribution in [3.8, 4) is 22.4 Å². The number of nitrogens with zero attached hydrogens (tertiary/aromatic N) is 7. The number of carboxylic acid groups (broad SMARTS) is 2. The smallest absolute Gasteiger partial charge is 0.870 e. The number of rotatable bonds is 16. The van der Waals surface area contributed by atoms with Crippen LogP contribution in [-0.4, -0.2) is 201 Å². The first-order chi connectivity index (χ1) is 40.1. The summed E-state index contributed by atoms with van der Waals surface area (Å²) in [7, 11) is 11.4. The van der Waals surface area contributed by atoms with Gasteiger partial charge in [0.15, 0.2) is 0 Å². The molecule has 6 atom stereocenters. The molecule has 87 heavy (non-hydrogen) atoms. The minimum atomic E-state index is -1.03. The Morgan fingerprint density at radius 3 is 1.40 bits per heavy atom. The summed E-state index contributed by atoms with van der Waals surface area (Å²) in [5, 5.41) is 22.2. The molecule has 7 rings (SSSR count). The number of aromatic nitrogens is 4. The monoisotopic (exact) mass is 1240 g/mol. The van der Waals surface area contributed by atoms with Crippen molar-refractivity contribution in [3.63, 3.8) is 0 Å². The predicted octanol–water partition coefficient (Wildman–Crippen LogP) is 6.47. The van der Waals surface area contributed by atoms with Crippen LogP contribution in [0.3, 0.4) is 0 Å². The molecule has 6 N–H and O–H groups in total. The molecule has 0 bridgehead atoms. The largest absolute Gasteiger partial charge is 1.00 e. The number of likely N-dealkylation sites (tertiary alicyclic amines) is 2. The van der Waals surface area contributed by atoms with E-state index in [0.717, 1.165) is 86.4 Å². The van der Waals surface area contributed by atoms with Crippen LogP contribution in [0.2, 0.25) is 0 Å². The number of methoxy groups -OCH3 is 4. The van der Waals surface area contributed by atoms with Crippen LogP contribution in [0.25, 0.3) is 44.2 Å². The van der Waals surface area contributed by atoms with E-state index >= 15 is 0 Å². The summed E-state index contributed by atoms with van der Waals surface area (Å²) in [6, 6.07) is 16.0. The SMILES string of the molecule is CN[C@H](C(=O)O)C(C)C.COC(=O)Cl.COC(=O)N(C)[C@H](C(=O)N1CCC[C@H]1c1ncc(-c2ccc3cc(-c4ccc5nc([C@@H]6CCCN6C(=O)[C@H](C(C)C)N(C)C(=O)OC)[nH]c5c4)ccc3c2)[nH]1)C(C)C.COC(=O)N(C)[C@H](C(=O)O)C(C)C.[Na+].[OH-]. The number of carbonyl (C=O) groups is 8. The molecule has 474 valence electrons. The van der Waals surface area contributed by atoms with Gasteiger partial charge >= 0.3 is 65.2 Å². The van der Waals surface area contributed by atoms with E-state index in [9.17, 15) is 38.4 Å². The molecule has 0 unspecified atom stereocenters. The van der Waals surface area contributed by atoms with Crippen LogP contribution in [0.15, 0.2) is 60.8 Å². The number of hydrogen-bond donors (Lipinski definition) is 5. The maximum atomic E-state index is 13.9. The molecule has 0 radical (unpaired) electrons. The summed E-state index contributed by atoms with van der Waals surface area (Å²) in [6.07, 6.45) is 3.38. The Kier molecular flexibility index (Phi) is 30.7. The number of hydrogen-bond acceptors (Lipinski definition) is 16. The Labute approximate surface area is 535 Å². The van der Waals surface area contributed by atoms with E-state index in [-0.39, 0.29) is 82.6 Å². The van der Waals surface area contributed by atoms with Gasteiger partial charge in [0, 0.05) is 51.4 Å². The van der Waals surface area contributed by atoms with Crippen LogP contribution in [0.4, 0.5) is 19.2 Å². The fourth-order valence-electron chi connectivity index (χ4n) is 10.8. The second-order valence-electron chi connectivity index (χ2n) is 22.1. The molecule has 2 aliphatic heterocycles. The van der Waals surface area contributed by atoms with E-state index in [4.69, 9.17) is 29.7 Å². The molecular formula is C60H86ClN10NaO15. The zero-order chi connectivity index (χ0) is 63.7. The molecule has 27 heteroatoms. The normalized spacial score (nSPS) is 15.6. The van der Waals surface area contributed by atoms with Gasteiger partial charge in [-0.2, -0.15) is 0 Å². The zero-order valence-corrected chi connectivity index (χ0v) is 55.8. The molecule has 2 fully saturated rings. The van der Waals surface area contributed by atoms with Gasteiger partial charge in [0.25, 0.3) is 0 Å². The topological polar surface area (TPSA) is 330 Å². The molecule has 4 heterocycles. The maximum Gasteiger partial charge on any atom is 1.00 e. The third-order valence-corrected chi connectivity index (χ3v) is 15.1. The molecule has 3 aromatic carbocycles. The number of carboxylic acids is 2. The molecule has 5 aromatic rings. The average molecular weight is 1250 g/mol. The number of nitrogens with one attached hydrogen (secondary N) is 3. The van der Waals surface area contributed by atoms with Crippen molar-refractivity contribution in [2.24, 2.45) is 23.7 Å². The van der Waals surface area contributed by atoms with Crippen molar-refractivity contribution in [2.45, 2.75) is 117 Å². The van der Waals surface area contributed by atoms with Crippen LogP contribution in [-0.2, 0) is 38.1 Å². The number of imidazole rings is 2. The number of amides is 5. The van der Waals surface area contributed by atoms with Gasteiger partial charge in [-0.25, -0.2) is 33.9 Å². The Hall–Kier alpha value is -7.03. The van der Waals surface area contributed by atoms with E-state index in [2.05, 4.69) is 84.9 Å². The fraction of sp³-hybridized carbons (Fsp3) is 0.533. The van der Waals surface area contributed by atoms with Crippen molar-refractivity contribution < 1.29 is 103 Å². The third kappa shape index (κ3) is 19.5. The Balaban J connectivity index is 0.000000739. The number of likely N-dealkylation sites (N-methyl/N-ethyl adjacent to an activating group) is 4. The number of carbonyl (C=O) groups excluding carboxylic acids is 6. The summed E-state index contributed by atoms with van der Waals surface area (Å²) in [4.78, 5) is 118. The molecule has 0 spiro atoms. The number of aromatic amines is 2. The maximum absolute atomic E-state index is 13.9. The van der Waals surface area contributed by atoms with Crippen molar-refractivity contribution in [1.29, 1.82) is 0 Å². The molecule has 0 saturated carbocycles. The summed E-state index contributed by atoms with van der Waals surface area (Å²) in [5.41, 5.74) is 4.90. The van der Waals surface area contributed by atoms with Gasteiger partial charge in [0.1, 0.15) is 35.8 Å². The van der Waals surface area contributed by atoms with Crippen molar-refractivity contribution in [3.05, 3.63) is 72.4 Å². The number of benzene rings is 3. The summed E-state index contributed by atoms with van der Waals surface area (Å²) >= 11 is 4.60. The average Bonchev–Trinajstić information content (AvgIpc) is 1.82. The van der Waals surface area contributed by atoms with Gasteiger partial charge in [-0.15, -0.1) is 0 Å². The van der Waals surface area contributed by atoms with Crippen LogP contribution < -0.4 is 34.9 Å². The molecule has 2 aromatic heterocycles. The molecule has 0 aliphatic carbocycles. The van der Waals surface area contributed by atoms with Crippen LogP contribution in [0, 0.1) is 23.7 Å². The first kappa shape index (κ1) is 76.1. The first-order valence-electron chi connectivity index (χ1n) is 28.1. The van der Waals surface area contributed by atoms with Crippen molar-refractivity contribution in [1.82, 2.24) is 49.8 Å². The summed E-state index contributed by atoms with van der Waals surface area (Å²) in [6.45, 7) is 16.1. The second-order valence-corrected chi connectivity index (χ2v) is 22.4. The Bertz CT molecular complexity index is 3120. The van der Waals surface area contributed by atoms with Gasteiger partial charge in [-0.1, -0.05) is 85.7 Å². The minimum absolute atomic E-state index is 0. The summed E-state index contributed by atoms with van der Waals surface area (Å²) < 4.78 is 18.1. The van der Waals surface area contributed by atoms with Gasteiger partial charge in [-0.3, -0.25) is 29.1 Å². The second kappa shape index (κ2) is 35.1. The summed E-state index contributed by atoms with van der Waals surface area (Å²) in [5.74, 6) is -0.739. The Morgan fingerprint density at radius 1 is 0.598 bits per heavy atom. The van der Waals surface area contributed by atoms with Crippen LogP contribution >= 0.6 is 11.6 Å². The van der Waals surface area contributed by atoms with E-state index in [0.29, 0.717) is 13.1 Å². The number of halogens is 1.